The number of hydrogen-bond acceptors (Lipinski definition) is 8. The summed E-state index contributed by atoms with van der Waals surface area (Å²) in [5.41, 5.74) is 3.22. The van der Waals surface area contributed by atoms with Gasteiger partial charge in [0.1, 0.15) is 11.9 Å². The highest BCUT2D eigenvalue weighted by molar-refractivity contribution is 5.98. The molecule has 2 aromatic heterocycles. The van der Waals surface area contributed by atoms with Crippen molar-refractivity contribution < 1.29 is 9.59 Å². The Kier molecular flexibility index (Phi) is 12.7. The molecule has 0 spiro atoms. The highest BCUT2D eigenvalue weighted by Crippen LogP contribution is 2.18. The lowest BCUT2D eigenvalue weighted by Gasteiger charge is -2.23. The molecule has 1 atom stereocenters. The molecule has 2 amide bonds. The number of nitrogens with zero attached hydrogens (tertiary/aromatic N) is 6. The van der Waals surface area contributed by atoms with E-state index in [2.05, 4.69) is 44.3 Å². The first-order valence-electron chi connectivity index (χ1n) is 14.4. The van der Waals surface area contributed by atoms with Crippen LogP contribution in [0.5, 0.6) is 0 Å². The van der Waals surface area contributed by atoms with Crippen LogP contribution in [-0.2, 0) is 16.0 Å². The van der Waals surface area contributed by atoms with Gasteiger partial charge in [-0.15, -0.1) is 0 Å². The van der Waals surface area contributed by atoms with E-state index in [0.717, 1.165) is 30.8 Å². The molecule has 0 aliphatic rings. The molecule has 1 unspecified atom stereocenters. The largest absolute Gasteiger partial charge is 0.358 e. The second kappa shape index (κ2) is 16.6. The molecule has 0 radical (unpaired) electrons. The number of anilines is 3. The molecule has 0 aliphatic carbocycles. The Balaban J connectivity index is 1.70. The lowest BCUT2D eigenvalue weighted by Crippen LogP contribution is -2.42. The number of carbonyl (C=O) groups is 2. The highest BCUT2D eigenvalue weighted by Gasteiger charge is 2.21. The van der Waals surface area contributed by atoms with Gasteiger partial charge in [-0.25, -0.2) is 4.98 Å². The van der Waals surface area contributed by atoms with E-state index in [1.807, 2.05) is 56.4 Å². The maximum atomic E-state index is 12.9. The van der Waals surface area contributed by atoms with Crippen LogP contribution in [0.4, 0.5) is 17.5 Å². The second-order valence-electron chi connectivity index (χ2n) is 10.5. The zero-order valence-corrected chi connectivity index (χ0v) is 26.0. The molecule has 2 heterocycles. The van der Waals surface area contributed by atoms with Crippen LogP contribution >= 0.6 is 0 Å². The van der Waals surface area contributed by atoms with Crippen molar-refractivity contribution in [1.82, 2.24) is 24.8 Å². The van der Waals surface area contributed by atoms with Crippen LogP contribution in [0.1, 0.15) is 37.0 Å². The predicted molar refractivity (Wildman–Crippen MR) is 173 cm³/mol. The molecule has 10 heteroatoms. The zero-order chi connectivity index (χ0) is 31.2. The Bertz CT molecular complexity index is 1450. The normalized spacial score (nSPS) is 11.5. The van der Waals surface area contributed by atoms with E-state index in [9.17, 15) is 9.59 Å². The SMILES string of the molecule is CCCN(C)c1nc(NCCc2ccncc2)ncc1C#Cc1cccc(NC(=O)C(C)N(C)C(=O)C=CCN(C)C)c1. The monoisotopic (exact) mass is 582 g/mol. The Labute approximate surface area is 255 Å². The summed E-state index contributed by atoms with van der Waals surface area (Å²) in [4.78, 5) is 44.1. The number of benzene rings is 1. The number of hydrogen-bond donors (Lipinski definition) is 2. The lowest BCUT2D eigenvalue weighted by molar-refractivity contribution is -0.132. The molecule has 1 aromatic carbocycles. The summed E-state index contributed by atoms with van der Waals surface area (Å²) in [6.07, 6.45) is 10.4. The average molecular weight is 583 g/mol. The van der Waals surface area contributed by atoms with Crippen LogP contribution in [-0.4, -0.2) is 90.4 Å². The first kappa shape index (κ1) is 32.8. The first-order valence-corrected chi connectivity index (χ1v) is 14.4. The van der Waals surface area contributed by atoms with Crippen LogP contribution in [0.15, 0.2) is 67.1 Å². The summed E-state index contributed by atoms with van der Waals surface area (Å²) in [6.45, 7) is 5.98. The van der Waals surface area contributed by atoms with E-state index >= 15 is 0 Å². The Hall–Kier alpha value is -4.75. The molecule has 0 fully saturated rings. The number of aromatic nitrogens is 3. The summed E-state index contributed by atoms with van der Waals surface area (Å²) in [6, 6.07) is 10.6. The molecule has 2 N–H and O–H groups in total. The van der Waals surface area contributed by atoms with Gasteiger partial charge in [0.05, 0.1) is 11.8 Å². The molecule has 0 saturated heterocycles. The highest BCUT2D eigenvalue weighted by atomic mass is 16.2. The number of amides is 2. The minimum Gasteiger partial charge on any atom is -0.358 e. The predicted octanol–water partition coefficient (Wildman–Crippen LogP) is 3.68. The van der Waals surface area contributed by atoms with E-state index in [4.69, 9.17) is 4.98 Å². The van der Waals surface area contributed by atoms with E-state index < -0.39 is 6.04 Å². The topological polar surface area (TPSA) is 107 Å². The Morgan fingerprint density at radius 2 is 1.84 bits per heavy atom. The zero-order valence-electron chi connectivity index (χ0n) is 26.0. The van der Waals surface area contributed by atoms with Crippen molar-refractivity contribution >= 4 is 29.3 Å². The van der Waals surface area contributed by atoms with E-state index in [0.29, 0.717) is 30.3 Å². The minimum atomic E-state index is -0.656. The van der Waals surface area contributed by atoms with Crippen molar-refractivity contribution in [3.63, 3.8) is 0 Å². The van der Waals surface area contributed by atoms with Crippen LogP contribution in [0.3, 0.4) is 0 Å². The fourth-order valence-electron chi connectivity index (χ4n) is 4.06. The number of likely N-dealkylation sites (N-methyl/N-ethyl adjacent to an activating group) is 2. The fraction of sp³-hybridized carbons (Fsp3) is 0.364. The van der Waals surface area contributed by atoms with Crippen LogP contribution in [0, 0.1) is 11.8 Å². The Morgan fingerprint density at radius 1 is 1.07 bits per heavy atom. The van der Waals surface area contributed by atoms with Crippen LogP contribution in [0.2, 0.25) is 0 Å². The molecule has 10 nitrogen and oxygen atoms in total. The quantitative estimate of drug-likeness (QED) is 0.232. The molecule has 3 aromatic rings. The summed E-state index contributed by atoms with van der Waals surface area (Å²) >= 11 is 0. The molecule has 0 aliphatic heterocycles. The molecule has 226 valence electrons. The summed E-state index contributed by atoms with van der Waals surface area (Å²) < 4.78 is 0. The number of pyridine rings is 1. The maximum Gasteiger partial charge on any atom is 0.246 e. The van der Waals surface area contributed by atoms with Gasteiger partial charge >= 0.3 is 0 Å². The molecular formula is C33H42N8O2. The second-order valence-corrected chi connectivity index (χ2v) is 10.5. The van der Waals surface area contributed by atoms with Crippen molar-refractivity contribution in [1.29, 1.82) is 0 Å². The first-order chi connectivity index (χ1) is 20.7. The molecule has 0 bridgehead atoms. The minimum absolute atomic E-state index is 0.231. The summed E-state index contributed by atoms with van der Waals surface area (Å²) in [5, 5.41) is 6.21. The smallest absolute Gasteiger partial charge is 0.246 e. The third kappa shape index (κ3) is 10.5. The van der Waals surface area contributed by atoms with Gasteiger partial charge < -0.3 is 25.3 Å². The molecular weight excluding hydrogens is 540 g/mol. The van der Waals surface area contributed by atoms with E-state index in [1.54, 1.807) is 44.7 Å². The van der Waals surface area contributed by atoms with Gasteiger partial charge in [0.25, 0.3) is 0 Å². The van der Waals surface area contributed by atoms with Crippen molar-refractivity contribution in [2.75, 3.05) is 63.4 Å². The van der Waals surface area contributed by atoms with Gasteiger partial charge in [0.2, 0.25) is 17.8 Å². The maximum absolute atomic E-state index is 12.9. The van der Waals surface area contributed by atoms with Crippen LogP contribution < -0.4 is 15.5 Å². The average Bonchev–Trinajstić information content (AvgIpc) is 3.00. The van der Waals surface area contributed by atoms with Crippen molar-refractivity contribution in [3.8, 4) is 11.8 Å². The van der Waals surface area contributed by atoms with Crippen molar-refractivity contribution in [2.24, 2.45) is 0 Å². The fourth-order valence-corrected chi connectivity index (χ4v) is 4.06. The number of carbonyl (C=O) groups excluding carboxylic acids is 2. The Morgan fingerprint density at radius 3 is 2.56 bits per heavy atom. The van der Waals surface area contributed by atoms with Crippen molar-refractivity contribution in [3.05, 3.63) is 83.8 Å². The van der Waals surface area contributed by atoms with Gasteiger partial charge in [-0.2, -0.15) is 4.98 Å². The third-order valence-corrected chi connectivity index (χ3v) is 6.65. The van der Waals surface area contributed by atoms with Gasteiger partial charge in [-0.3, -0.25) is 14.6 Å². The standard InChI is InChI=1S/C33H42N8O2/c1-7-21-40(5)31-28(24-36-33(38-31)35-20-17-26-15-18-34-19-16-26)14-13-27-10-8-11-29(23-27)37-32(43)25(2)41(6)30(42)12-9-22-39(3)4/h8-12,15-16,18-19,23-25H,7,17,20-22H2,1-6H3,(H,37,43)(H,35,36,38). The number of nitrogens with one attached hydrogen (secondary N) is 2. The van der Waals surface area contributed by atoms with Gasteiger partial charge in [0.15, 0.2) is 0 Å². The van der Waals surface area contributed by atoms with Crippen LogP contribution in [0.25, 0.3) is 0 Å². The molecule has 43 heavy (non-hydrogen) atoms. The summed E-state index contributed by atoms with van der Waals surface area (Å²) in [7, 11) is 7.46. The number of rotatable bonds is 13. The van der Waals surface area contributed by atoms with E-state index in [1.165, 1.54) is 16.5 Å². The molecule has 3 rings (SSSR count). The van der Waals surface area contributed by atoms with Gasteiger partial charge in [0, 0.05) is 63.5 Å². The van der Waals surface area contributed by atoms with Gasteiger partial charge in [-0.05, 0) is 69.8 Å². The summed E-state index contributed by atoms with van der Waals surface area (Å²) in [5.74, 6) is 7.18. The third-order valence-electron chi connectivity index (χ3n) is 6.65. The van der Waals surface area contributed by atoms with E-state index in [-0.39, 0.29) is 11.8 Å². The lowest BCUT2D eigenvalue weighted by atomic mass is 10.1. The molecule has 0 saturated carbocycles. The van der Waals surface area contributed by atoms with Crippen molar-refractivity contribution in [2.45, 2.75) is 32.7 Å². The van der Waals surface area contributed by atoms with Gasteiger partial charge in [-0.1, -0.05) is 30.9 Å².